The van der Waals surface area contributed by atoms with Crippen LogP contribution in [-0.4, -0.2) is 53.9 Å². The lowest BCUT2D eigenvalue weighted by molar-refractivity contribution is -0.189. The van der Waals surface area contributed by atoms with Gasteiger partial charge in [-0.05, 0) is 19.8 Å². The first kappa shape index (κ1) is 15.7. The van der Waals surface area contributed by atoms with E-state index in [1.807, 2.05) is 0 Å². The van der Waals surface area contributed by atoms with E-state index in [9.17, 15) is 22.8 Å². The number of carboxylic acid groups (broad SMARTS) is 1. The Kier molecular flexibility index (Phi) is 5.16. The Morgan fingerprint density at radius 2 is 1.89 bits per heavy atom. The molecule has 1 N–H and O–H groups in total. The van der Waals surface area contributed by atoms with Gasteiger partial charge in [0, 0.05) is 13.1 Å². The molecule has 8 heteroatoms. The minimum atomic E-state index is -4.47. The number of aliphatic carboxylic acids is 1. The number of rotatable bonds is 4. The van der Waals surface area contributed by atoms with E-state index in [-0.39, 0.29) is 13.1 Å². The summed E-state index contributed by atoms with van der Waals surface area (Å²) in [6.07, 6.45) is -5.02. The fourth-order valence-corrected chi connectivity index (χ4v) is 1.89. The Bertz CT molecular complexity index is 337. The predicted octanol–water partition coefficient (Wildman–Crippen LogP) is 1.28. The molecule has 1 saturated heterocycles. The zero-order valence-corrected chi connectivity index (χ0v) is 10.4. The molecule has 5 nitrogen and oxygen atoms in total. The molecule has 1 aliphatic rings. The number of likely N-dealkylation sites (tertiary alicyclic amines) is 1. The summed E-state index contributed by atoms with van der Waals surface area (Å²) in [5.41, 5.74) is 0. The smallest absolute Gasteiger partial charge is 0.411 e. The fraction of sp³-hybridized carbons (Fsp3) is 0.818. The maximum Gasteiger partial charge on any atom is 0.411 e. The third kappa shape index (κ3) is 5.06. The van der Waals surface area contributed by atoms with Crippen molar-refractivity contribution in [3.8, 4) is 0 Å². The van der Waals surface area contributed by atoms with Gasteiger partial charge in [-0.25, -0.2) is 0 Å². The van der Waals surface area contributed by atoms with Crippen molar-refractivity contribution in [2.24, 2.45) is 5.92 Å². The van der Waals surface area contributed by atoms with Crippen molar-refractivity contribution in [1.82, 2.24) is 4.90 Å². The first-order valence-electron chi connectivity index (χ1n) is 5.90. The minimum absolute atomic E-state index is 0.232. The summed E-state index contributed by atoms with van der Waals surface area (Å²) in [5, 5.41) is 8.79. The second kappa shape index (κ2) is 6.23. The van der Waals surface area contributed by atoms with Gasteiger partial charge >= 0.3 is 12.1 Å². The van der Waals surface area contributed by atoms with Gasteiger partial charge in [0.25, 0.3) is 5.91 Å². The third-order valence-electron chi connectivity index (χ3n) is 3.00. The molecule has 0 aromatic heterocycles. The predicted molar refractivity (Wildman–Crippen MR) is 58.4 cm³/mol. The molecular weight excluding hydrogens is 267 g/mol. The molecule has 110 valence electrons. The zero-order chi connectivity index (χ0) is 14.6. The van der Waals surface area contributed by atoms with Crippen LogP contribution in [0.3, 0.4) is 0 Å². The zero-order valence-electron chi connectivity index (χ0n) is 10.4. The van der Waals surface area contributed by atoms with Crippen LogP contribution in [0.2, 0.25) is 0 Å². The second-order valence-electron chi connectivity index (χ2n) is 4.51. The van der Waals surface area contributed by atoms with Gasteiger partial charge in [0.1, 0.15) is 12.7 Å². The van der Waals surface area contributed by atoms with Crippen LogP contribution in [0.1, 0.15) is 19.8 Å². The van der Waals surface area contributed by atoms with Crippen molar-refractivity contribution in [2.45, 2.75) is 32.0 Å². The number of hydrogen-bond acceptors (Lipinski definition) is 3. The van der Waals surface area contributed by atoms with Crippen LogP contribution in [0.25, 0.3) is 0 Å². The lowest BCUT2D eigenvalue weighted by Gasteiger charge is -2.32. The van der Waals surface area contributed by atoms with Crippen LogP contribution >= 0.6 is 0 Å². The molecule has 0 radical (unpaired) electrons. The number of hydrogen-bond donors (Lipinski definition) is 1. The SMILES string of the molecule is CC(OCC(F)(F)F)C(=O)N1CCC(C(=O)O)CC1. The molecule has 0 saturated carbocycles. The average molecular weight is 283 g/mol. The molecule has 1 unspecified atom stereocenters. The van der Waals surface area contributed by atoms with Crippen molar-refractivity contribution in [1.29, 1.82) is 0 Å². The molecule has 0 aliphatic carbocycles. The summed E-state index contributed by atoms with van der Waals surface area (Å²) >= 11 is 0. The van der Waals surface area contributed by atoms with E-state index in [1.54, 1.807) is 0 Å². The highest BCUT2D eigenvalue weighted by atomic mass is 19.4. The number of carbonyl (C=O) groups is 2. The van der Waals surface area contributed by atoms with Gasteiger partial charge in [-0.2, -0.15) is 13.2 Å². The number of halogens is 3. The van der Waals surface area contributed by atoms with E-state index in [2.05, 4.69) is 4.74 Å². The van der Waals surface area contributed by atoms with Gasteiger partial charge in [0.2, 0.25) is 0 Å². The van der Waals surface area contributed by atoms with Crippen molar-refractivity contribution in [3.05, 3.63) is 0 Å². The summed E-state index contributed by atoms with van der Waals surface area (Å²) in [7, 11) is 0. The first-order valence-corrected chi connectivity index (χ1v) is 5.90. The van der Waals surface area contributed by atoms with Crippen LogP contribution in [0.4, 0.5) is 13.2 Å². The van der Waals surface area contributed by atoms with E-state index in [0.29, 0.717) is 12.8 Å². The fourth-order valence-electron chi connectivity index (χ4n) is 1.89. The summed E-state index contributed by atoms with van der Waals surface area (Å²) in [6.45, 7) is 0.258. The van der Waals surface area contributed by atoms with Crippen LogP contribution in [-0.2, 0) is 14.3 Å². The first-order chi connectivity index (χ1) is 8.70. The molecule has 19 heavy (non-hydrogen) atoms. The number of alkyl halides is 3. The van der Waals surface area contributed by atoms with Crippen molar-refractivity contribution in [3.63, 3.8) is 0 Å². The molecule has 0 aromatic carbocycles. The molecule has 1 fully saturated rings. The van der Waals surface area contributed by atoms with Crippen LogP contribution in [0.5, 0.6) is 0 Å². The van der Waals surface area contributed by atoms with E-state index in [0.717, 1.165) is 0 Å². The highest BCUT2D eigenvalue weighted by Gasteiger charge is 2.33. The lowest BCUT2D eigenvalue weighted by atomic mass is 9.97. The Morgan fingerprint density at radius 1 is 1.37 bits per heavy atom. The summed E-state index contributed by atoms with van der Waals surface area (Å²) < 4.78 is 40.3. The molecule has 1 heterocycles. The third-order valence-corrected chi connectivity index (χ3v) is 3.00. The van der Waals surface area contributed by atoms with E-state index in [4.69, 9.17) is 5.11 Å². The standard InChI is InChI=1S/C11H16F3NO4/c1-7(19-6-11(12,13)14)9(16)15-4-2-8(3-5-15)10(17)18/h7-8H,2-6H2,1H3,(H,17,18). The molecule has 1 aliphatic heterocycles. The number of piperidine rings is 1. The van der Waals surface area contributed by atoms with E-state index < -0.39 is 36.7 Å². The quantitative estimate of drug-likeness (QED) is 0.844. The Labute approximate surface area is 108 Å². The van der Waals surface area contributed by atoms with Crippen molar-refractivity contribution in [2.75, 3.05) is 19.7 Å². The highest BCUT2D eigenvalue weighted by Crippen LogP contribution is 2.19. The van der Waals surface area contributed by atoms with Gasteiger partial charge in [-0.1, -0.05) is 0 Å². The van der Waals surface area contributed by atoms with Gasteiger partial charge < -0.3 is 14.7 Å². The van der Waals surface area contributed by atoms with Gasteiger partial charge in [-0.3, -0.25) is 9.59 Å². The van der Waals surface area contributed by atoms with Gasteiger partial charge in [0.15, 0.2) is 0 Å². The number of carbonyl (C=O) groups excluding carboxylic acids is 1. The molecule has 0 bridgehead atoms. The molecular formula is C11H16F3NO4. The highest BCUT2D eigenvalue weighted by molar-refractivity contribution is 5.81. The number of nitrogens with zero attached hydrogens (tertiary/aromatic N) is 1. The van der Waals surface area contributed by atoms with Crippen LogP contribution in [0, 0.1) is 5.92 Å². The second-order valence-corrected chi connectivity index (χ2v) is 4.51. The van der Waals surface area contributed by atoms with Gasteiger partial charge in [-0.15, -0.1) is 0 Å². The number of ether oxygens (including phenoxy) is 1. The van der Waals surface area contributed by atoms with Crippen LogP contribution < -0.4 is 0 Å². The number of amides is 1. The summed E-state index contributed by atoms with van der Waals surface area (Å²) in [6, 6.07) is 0. The maximum atomic E-state index is 11.9. The molecule has 1 amide bonds. The monoisotopic (exact) mass is 283 g/mol. The largest absolute Gasteiger partial charge is 0.481 e. The molecule has 0 spiro atoms. The maximum absolute atomic E-state index is 11.9. The summed E-state index contributed by atoms with van der Waals surface area (Å²) in [4.78, 5) is 23.8. The molecule has 0 aromatic rings. The summed E-state index contributed by atoms with van der Waals surface area (Å²) in [5.74, 6) is -1.93. The topological polar surface area (TPSA) is 66.8 Å². The van der Waals surface area contributed by atoms with E-state index in [1.165, 1.54) is 11.8 Å². The van der Waals surface area contributed by atoms with Crippen molar-refractivity contribution < 1.29 is 32.6 Å². The minimum Gasteiger partial charge on any atom is -0.481 e. The Hall–Kier alpha value is -1.31. The average Bonchev–Trinajstić information content (AvgIpc) is 2.34. The molecule has 1 rings (SSSR count). The lowest BCUT2D eigenvalue weighted by Crippen LogP contribution is -2.45. The van der Waals surface area contributed by atoms with Crippen LogP contribution in [0.15, 0.2) is 0 Å². The normalized spacial score (nSPS) is 19.3. The van der Waals surface area contributed by atoms with Gasteiger partial charge in [0.05, 0.1) is 5.92 Å². The molecule has 1 atom stereocenters. The Balaban J connectivity index is 2.40. The van der Waals surface area contributed by atoms with E-state index >= 15 is 0 Å². The Morgan fingerprint density at radius 3 is 2.32 bits per heavy atom. The van der Waals surface area contributed by atoms with Crippen molar-refractivity contribution >= 4 is 11.9 Å². The number of carboxylic acids is 1.